The lowest BCUT2D eigenvalue weighted by molar-refractivity contribution is -0.134. The Bertz CT molecular complexity index is 1770. The molecular formula is C32H38ClN7O6S. The number of nitrogens with one attached hydrogen (secondary N) is 3. The van der Waals surface area contributed by atoms with Crippen LogP contribution in [0, 0.1) is 6.92 Å². The third-order valence-electron chi connectivity index (χ3n) is 8.01. The van der Waals surface area contributed by atoms with E-state index < -0.39 is 22.1 Å². The van der Waals surface area contributed by atoms with Crippen LogP contribution in [0.4, 0.5) is 16.2 Å². The molecule has 47 heavy (non-hydrogen) atoms. The van der Waals surface area contributed by atoms with E-state index in [9.17, 15) is 22.8 Å². The van der Waals surface area contributed by atoms with Crippen LogP contribution in [-0.2, 0) is 14.8 Å². The van der Waals surface area contributed by atoms with Crippen LogP contribution in [0.5, 0.6) is 5.75 Å². The highest BCUT2D eigenvalue weighted by atomic mass is 35.5. The Hall–Kier alpha value is -4.43. The van der Waals surface area contributed by atoms with E-state index in [1.807, 2.05) is 0 Å². The first-order valence-electron chi connectivity index (χ1n) is 15.4. The molecule has 4 bridgehead atoms. The van der Waals surface area contributed by atoms with Crippen molar-refractivity contribution < 1.29 is 27.5 Å². The van der Waals surface area contributed by atoms with Crippen LogP contribution in [0.1, 0.15) is 48.3 Å². The quantitative estimate of drug-likeness (QED) is 0.367. The van der Waals surface area contributed by atoms with Crippen molar-refractivity contribution in [3.05, 3.63) is 64.9 Å². The molecule has 3 aromatic rings. The van der Waals surface area contributed by atoms with E-state index in [1.165, 1.54) is 0 Å². The Morgan fingerprint density at radius 1 is 1.00 bits per heavy atom. The number of aryl methyl sites for hydroxylation is 1. The molecule has 1 aromatic heterocycles. The summed E-state index contributed by atoms with van der Waals surface area (Å²) in [4.78, 5) is 52.7. The molecule has 0 radical (unpaired) electrons. The normalized spacial score (nSPS) is 19.2. The Balaban J connectivity index is 1.46. The molecule has 0 aliphatic carbocycles. The molecule has 2 atom stereocenters. The molecule has 6 rings (SSSR count). The number of carbonyl (C=O) groups is 3. The Labute approximate surface area is 279 Å². The van der Waals surface area contributed by atoms with Gasteiger partial charge in [0.25, 0.3) is 5.91 Å². The standard InChI is InChI=1S/C32H38ClN7O6S/c1-20-17-27-30(41)39(2)15-7-6-12-25(37-32(43)36-24-11-5-4-10-23(24)33)31(42)40-16-8-9-22(40)19-46-28-14-13-21(29(34-20)35-27)18-26(28)38-47(3,44)45/h4-5,10-11,13-14,17-18,22,25,38H,6-9,12,15-16,19H2,1-3H3,(H2,36,37,43)/t22-,25-/m0/s1. The van der Waals surface area contributed by atoms with Gasteiger partial charge in [-0.2, -0.15) is 0 Å². The first-order chi connectivity index (χ1) is 22.4. The van der Waals surface area contributed by atoms with Crippen molar-refractivity contribution in [2.75, 3.05) is 43.0 Å². The summed E-state index contributed by atoms with van der Waals surface area (Å²) in [6, 6.07) is 11.5. The summed E-state index contributed by atoms with van der Waals surface area (Å²) in [5, 5.41) is 5.92. The van der Waals surface area contributed by atoms with Crippen LogP contribution in [0.25, 0.3) is 11.4 Å². The van der Waals surface area contributed by atoms with E-state index in [-0.39, 0.29) is 47.4 Å². The monoisotopic (exact) mass is 683 g/mol. The third kappa shape index (κ3) is 8.69. The average Bonchev–Trinajstić information content (AvgIpc) is 3.49. The van der Waals surface area contributed by atoms with Crippen LogP contribution >= 0.6 is 11.6 Å². The van der Waals surface area contributed by atoms with Gasteiger partial charge in [0, 0.05) is 31.4 Å². The molecule has 2 aromatic carbocycles. The number of hydrogen-bond donors (Lipinski definition) is 3. The molecule has 3 aliphatic heterocycles. The number of rotatable bonds is 4. The Kier molecular flexibility index (Phi) is 10.5. The lowest BCUT2D eigenvalue weighted by Gasteiger charge is -2.30. The van der Waals surface area contributed by atoms with Gasteiger partial charge < -0.3 is 25.2 Å². The second-order valence-corrected chi connectivity index (χ2v) is 14.0. The third-order valence-corrected chi connectivity index (χ3v) is 8.93. The van der Waals surface area contributed by atoms with Crippen LogP contribution in [0.15, 0.2) is 48.5 Å². The highest BCUT2D eigenvalue weighted by Crippen LogP contribution is 2.32. The number of para-hydroxylation sites is 1. The molecule has 4 amide bonds. The van der Waals surface area contributed by atoms with Crippen molar-refractivity contribution in [1.29, 1.82) is 0 Å². The zero-order chi connectivity index (χ0) is 33.7. The molecule has 0 unspecified atom stereocenters. The summed E-state index contributed by atoms with van der Waals surface area (Å²) in [5.41, 5.74) is 1.83. The zero-order valence-corrected chi connectivity index (χ0v) is 28.0. The van der Waals surface area contributed by atoms with Gasteiger partial charge in [-0.3, -0.25) is 14.3 Å². The fourth-order valence-electron chi connectivity index (χ4n) is 5.70. The average molecular weight is 684 g/mol. The van der Waals surface area contributed by atoms with Crippen LogP contribution in [0.3, 0.4) is 0 Å². The molecule has 1 fully saturated rings. The summed E-state index contributed by atoms with van der Waals surface area (Å²) in [6.07, 6.45) is 3.91. The lowest BCUT2D eigenvalue weighted by Crippen LogP contribution is -2.52. The van der Waals surface area contributed by atoms with E-state index in [2.05, 4.69) is 25.3 Å². The number of ether oxygens (including phenoxy) is 1. The number of urea groups is 1. The van der Waals surface area contributed by atoms with Crippen molar-refractivity contribution in [2.45, 2.75) is 51.1 Å². The van der Waals surface area contributed by atoms with Gasteiger partial charge >= 0.3 is 6.03 Å². The van der Waals surface area contributed by atoms with Crippen LogP contribution < -0.4 is 20.1 Å². The molecule has 0 spiro atoms. The summed E-state index contributed by atoms with van der Waals surface area (Å²) in [6.45, 7) is 2.73. The summed E-state index contributed by atoms with van der Waals surface area (Å²) >= 11 is 6.23. The highest BCUT2D eigenvalue weighted by Gasteiger charge is 2.34. The van der Waals surface area contributed by atoms with E-state index in [0.717, 1.165) is 12.7 Å². The van der Waals surface area contributed by atoms with Gasteiger partial charge in [-0.05, 0) is 75.4 Å². The molecule has 13 nitrogen and oxygen atoms in total. The molecule has 1 saturated heterocycles. The topological polar surface area (TPSA) is 163 Å². The van der Waals surface area contributed by atoms with Gasteiger partial charge in [0.15, 0.2) is 5.82 Å². The molecule has 15 heteroatoms. The van der Waals surface area contributed by atoms with E-state index >= 15 is 0 Å². The predicted molar refractivity (Wildman–Crippen MR) is 179 cm³/mol. The van der Waals surface area contributed by atoms with E-state index in [1.54, 1.807) is 72.3 Å². The number of benzene rings is 2. The van der Waals surface area contributed by atoms with Crippen LogP contribution in [0.2, 0.25) is 5.02 Å². The summed E-state index contributed by atoms with van der Waals surface area (Å²) in [5.74, 6) is -0.0403. The van der Waals surface area contributed by atoms with Crippen molar-refractivity contribution >= 4 is 50.8 Å². The molecule has 4 heterocycles. The van der Waals surface area contributed by atoms with E-state index in [0.29, 0.717) is 60.7 Å². The Morgan fingerprint density at radius 2 is 1.79 bits per heavy atom. The van der Waals surface area contributed by atoms with Gasteiger partial charge in [0.05, 0.1) is 28.7 Å². The molecular weight excluding hydrogens is 646 g/mol. The van der Waals surface area contributed by atoms with Crippen LogP contribution in [-0.4, -0.2) is 91.1 Å². The molecule has 0 saturated carbocycles. The van der Waals surface area contributed by atoms with Gasteiger partial charge in [-0.15, -0.1) is 0 Å². The SMILES string of the molecule is Cc1cc2nc(n1)-c1ccc(c(NS(C)(=O)=O)c1)OC[C@@H]1CCCN1C(=O)[C@@H](NC(=O)Nc1ccccc1Cl)CCCCN(C)C2=O. The molecule has 3 aliphatic rings. The van der Waals surface area contributed by atoms with Crippen molar-refractivity contribution in [3.8, 4) is 17.1 Å². The minimum Gasteiger partial charge on any atom is -0.489 e. The lowest BCUT2D eigenvalue weighted by atomic mass is 10.1. The predicted octanol–water partition coefficient (Wildman–Crippen LogP) is 4.29. The maximum absolute atomic E-state index is 14.0. The minimum atomic E-state index is -3.70. The number of anilines is 2. The number of sulfonamides is 1. The highest BCUT2D eigenvalue weighted by molar-refractivity contribution is 7.92. The fourth-order valence-corrected chi connectivity index (χ4v) is 6.44. The van der Waals surface area contributed by atoms with Gasteiger partial charge in [0.1, 0.15) is 24.1 Å². The first-order valence-corrected chi connectivity index (χ1v) is 17.6. The number of nitrogens with zero attached hydrogens (tertiary/aromatic N) is 4. The van der Waals surface area contributed by atoms with E-state index in [4.69, 9.17) is 16.3 Å². The molecule has 250 valence electrons. The smallest absolute Gasteiger partial charge is 0.319 e. The molecule has 3 N–H and O–H groups in total. The number of carbonyl (C=O) groups excluding carboxylic acids is 3. The largest absolute Gasteiger partial charge is 0.489 e. The van der Waals surface area contributed by atoms with Gasteiger partial charge in [-0.25, -0.2) is 23.2 Å². The number of fused-ring (bicyclic) bond motifs is 10. The maximum atomic E-state index is 14.0. The van der Waals surface area contributed by atoms with Gasteiger partial charge in [-0.1, -0.05) is 23.7 Å². The van der Waals surface area contributed by atoms with Crippen molar-refractivity contribution in [2.24, 2.45) is 0 Å². The number of amides is 4. The fraction of sp³-hybridized carbons (Fsp3) is 0.406. The second kappa shape index (κ2) is 14.6. The number of hydrogen-bond acceptors (Lipinski definition) is 8. The number of aromatic nitrogens is 2. The Morgan fingerprint density at radius 3 is 2.55 bits per heavy atom. The number of halogens is 1. The van der Waals surface area contributed by atoms with Crippen molar-refractivity contribution in [1.82, 2.24) is 25.1 Å². The maximum Gasteiger partial charge on any atom is 0.319 e. The summed E-state index contributed by atoms with van der Waals surface area (Å²) < 4.78 is 33.2. The summed E-state index contributed by atoms with van der Waals surface area (Å²) in [7, 11) is -2.02. The first kappa shape index (κ1) is 33.9. The van der Waals surface area contributed by atoms with Gasteiger partial charge in [0.2, 0.25) is 15.9 Å². The zero-order valence-electron chi connectivity index (χ0n) is 26.5. The van der Waals surface area contributed by atoms with Crippen molar-refractivity contribution in [3.63, 3.8) is 0 Å². The second-order valence-electron chi connectivity index (χ2n) is 11.8. The minimum absolute atomic E-state index is 0.104.